The molecule has 1 aliphatic heterocycles. The van der Waals surface area contributed by atoms with Crippen LogP contribution in [0.15, 0.2) is 16.7 Å². The number of piperazine rings is 1. The van der Waals surface area contributed by atoms with Crippen molar-refractivity contribution in [3.63, 3.8) is 0 Å². The van der Waals surface area contributed by atoms with Crippen molar-refractivity contribution in [1.29, 1.82) is 0 Å². The van der Waals surface area contributed by atoms with Crippen molar-refractivity contribution in [1.82, 2.24) is 14.8 Å². The second-order valence-corrected chi connectivity index (χ2v) is 5.95. The Kier molecular flexibility index (Phi) is 5.11. The van der Waals surface area contributed by atoms with Crippen LogP contribution in [-0.4, -0.2) is 59.6 Å². The molecule has 0 aromatic carbocycles. The third-order valence-electron chi connectivity index (χ3n) is 3.10. The fraction of sp³-hybridized carbons (Fsp3) is 0.500. The molecule has 0 spiro atoms. The van der Waals surface area contributed by atoms with Crippen LogP contribution in [0.4, 0.5) is 13.2 Å². The van der Waals surface area contributed by atoms with E-state index < -0.39 is 12.7 Å². The molecule has 1 saturated heterocycles. The molecule has 0 radical (unpaired) electrons. The molecule has 0 atom stereocenters. The van der Waals surface area contributed by atoms with E-state index in [-0.39, 0.29) is 42.8 Å². The average Bonchev–Trinajstić information content (AvgIpc) is 2.40. The molecule has 1 aliphatic rings. The lowest BCUT2D eigenvalue weighted by atomic mass is 10.2. The molecule has 1 aromatic rings. The molecule has 9 heteroatoms. The summed E-state index contributed by atoms with van der Waals surface area (Å²) in [6.07, 6.45) is -2.75. The molecule has 1 amide bonds. The molecule has 0 aliphatic carbocycles. The van der Waals surface area contributed by atoms with Gasteiger partial charge in [-0.3, -0.25) is 9.69 Å². The minimum absolute atomic E-state index is 0.0842. The number of alkyl halides is 3. The summed E-state index contributed by atoms with van der Waals surface area (Å²) in [6.45, 7) is -0.113. The van der Waals surface area contributed by atoms with Gasteiger partial charge in [0.1, 0.15) is 5.15 Å². The van der Waals surface area contributed by atoms with Crippen molar-refractivity contribution in [2.45, 2.75) is 6.18 Å². The third-order valence-corrected chi connectivity index (χ3v) is 3.83. The van der Waals surface area contributed by atoms with Gasteiger partial charge in [-0.05, 0) is 22.0 Å². The Morgan fingerprint density at radius 2 is 1.95 bits per heavy atom. The lowest BCUT2D eigenvalue weighted by Crippen LogP contribution is -2.51. The molecule has 0 unspecified atom stereocenters. The Morgan fingerprint density at radius 3 is 2.52 bits per heavy atom. The zero-order valence-corrected chi connectivity index (χ0v) is 13.2. The van der Waals surface area contributed by atoms with Crippen LogP contribution in [0, 0.1) is 0 Å². The quantitative estimate of drug-likeness (QED) is 0.734. The Morgan fingerprint density at radius 1 is 1.33 bits per heavy atom. The maximum absolute atomic E-state index is 12.3. The smallest absolute Gasteiger partial charge is 0.336 e. The van der Waals surface area contributed by atoms with Gasteiger partial charge in [-0.2, -0.15) is 13.2 Å². The zero-order chi connectivity index (χ0) is 15.6. The molecule has 1 aromatic heterocycles. The summed E-state index contributed by atoms with van der Waals surface area (Å²) in [5, 5.41) is 0.0842. The van der Waals surface area contributed by atoms with Crippen LogP contribution in [0.3, 0.4) is 0 Å². The summed E-state index contributed by atoms with van der Waals surface area (Å²) >= 11 is 9.09. The van der Waals surface area contributed by atoms with Gasteiger partial charge in [0.25, 0.3) is 5.91 Å². The van der Waals surface area contributed by atoms with Gasteiger partial charge in [-0.1, -0.05) is 11.6 Å². The summed E-state index contributed by atoms with van der Waals surface area (Å²) in [7, 11) is 0. The number of pyridine rings is 1. The maximum atomic E-state index is 12.3. The van der Waals surface area contributed by atoms with Crippen LogP contribution < -0.4 is 0 Å². The van der Waals surface area contributed by atoms with Gasteiger partial charge >= 0.3 is 6.18 Å². The molecular formula is C12H12BrClF3N3O. The molecular weight excluding hydrogens is 375 g/mol. The summed E-state index contributed by atoms with van der Waals surface area (Å²) in [6, 6.07) is 1.56. The molecule has 0 saturated carbocycles. The minimum Gasteiger partial charge on any atom is -0.336 e. The van der Waals surface area contributed by atoms with Gasteiger partial charge in [0.15, 0.2) is 0 Å². The highest BCUT2D eigenvalue weighted by Gasteiger charge is 2.33. The lowest BCUT2D eigenvalue weighted by Gasteiger charge is -2.35. The van der Waals surface area contributed by atoms with Crippen molar-refractivity contribution < 1.29 is 18.0 Å². The Labute approximate surface area is 133 Å². The first-order valence-corrected chi connectivity index (χ1v) is 7.33. The van der Waals surface area contributed by atoms with Crippen molar-refractivity contribution in [3.8, 4) is 0 Å². The molecule has 0 N–H and O–H groups in total. The van der Waals surface area contributed by atoms with E-state index in [9.17, 15) is 18.0 Å². The first kappa shape index (κ1) is 16.5. The summed E-state index contributed by atoms with van der Waals surface area (Å²) < 4.78 is 37.5. The lowest BCUT2D eigenvalue weighted by molar-refractivity contribution is -0.148. The predicted molar refractivity (Wildman–Crippen MR) is 75.3 cm³/mol. The highest BCUT2D eigenvalue weighted by Crippen LogP contribution is 2.21. The van der Waals surface area contributed by atoms with Gasteiger partial charge in [0.2, 0.25) is 0 Å². The molecule has 116 valence electrons. The van der Waals surface area contributed by atoms with Gasteiger partial charge in [-0.15, -0.1) is 0 Å². The summed E-state index contributed by atoms with van der Waals surface area (Å²) in [5.74, 6) is -0.319. The molecule has 1 fully saturated rings. The fourth-order valence-electron chi connectivity index (χ4n) is 2.11. The van der Waals surface area contributed by atoms with E-state index in [1.54, 1.807) is 6.07 Å². The second-order valence-electron chi connectivity index (χ2n) is 4.68. The second kappa shape index (κ2) is 6.50. The highest BCUT2D eigenvalue weighted by molar-refractivity contribution is 9.10. The van der Waals surface area contributed by atoms with E-state index in [4.69, 9.17) is 11.6 Å². The largest absolute Gasteiger partial charge is 0.401 e. The third kappa shape index (κ3) is 4.55. The first-order valence-electron chi connectivity index (χ1n) is 6.16. The molecule has 0 bridgehead atoms. The topological polar surface area (TPSA) is 36.4 Å². The van der Waals surface area contributed by atoms with Crippen molar-refractivity contribution in [2.24, 2.45) is 0 Å². The summed E-state index contributed by atoms with van der Waals surface area (Å²) in [5.41, 5.74) is 0.246. The van der Waals surface area contributed by atoms with E-state index in [0.717, 1.165) is 0 Å². The number of nitrogens with zero attached hydrogens (tertiary/aromatic N) is 3. The number of carbonyl (C=O) groups is 1. The first-order chi connectivity index (χ1) is 9.76. The van der Waals surface area contributed by atoms with Crippen LogP contribution in [0.1, 0.15) is 10.4 Å². The van der Waals surface area contributed by atoms with Crippen molar-refractivity contribution in [2.75, 3.05) is 32.7 Å². The predicted octanol–water partition coefficient (Wildman–Crippen LogP) is 2.82. The van der Waals surface area contributed by atoms with Gasteiger partial charge < -0.3 is 4.90 Å². The standard InChI is InChI=1S/C12H12BrClF3N3O/c13-8-5-9(10(14)18-6-8)11(21)20-3-1-19(2-4-20)7-12(15,16)17/h5-6H,1-4,7H2. The SMILES string of the molecule is O=C(c1cc(Br)cnc1Cl)N1CCN(CC(F)(F)F)CC1. The monoisotopic (exact) mass is 385 g/mol. The molecule has 4 nitrogen and oxygen atoms in total. The van der Waals surface area contributed by atoms with E-state index in [0.29, 0.717) is 4.47 Å². The molecule has 21 heavy (non-hydrogen) atoms. The number of hydrogen-bond donors (Lipinski definition) is 0. The number of amides is 1. The number of halogens is 5. The van der Waals surface area contributed by atoms with Crippen LogP contribution in [0.2, 0.25) is 5.15 Å². The molecule has 2 rings (SSSR count). The number of carbonyl (C=O) groups excluding carboxylic acids is 1. The zero-order valence-electron chi connectivity index (χ0n) is 10.8. The number of rotatable bonds is 2. The van der Waals surface area contributed by atoms with Gasteiger partial charge in [-0.25, -0.2) is 4.98 Å². The van der Waals surface area contributed by atoms with E-state index >= 15 is 0 Å². The van der Waals surface area contributed by atoms with Crippen LogP contribution in [-0.2, 0) is 0 Å². The van der Waals surface area contributed by atoms with Gasteiger partial charge in [0.05, 0.1) is 12.1 Å². The van der Waals surface area contributed by atoms with Crippen molar-refractivity contribution in [3.05, 3.63) is 27.5 Å². The van der Waals surface area contributed by atoms with Crippen molar-refractivity contribution >= 4 is 33.4 Å². The Balaban J connectivity index is 1.99. The van der Waals surface area contributed by atoms with Crippen LogP contribution in [0.5, 0.6) is 0 Å². The van der Waals surface area contributed by atoms with E-state index in [1.165, 1.54) is 16.0 Å². The molecule has 2 heterocycles. The van der Waals surface area contributed by atoms with Crippen LogP contribution in [0.25, 0.3) is 0 Å². The Hall–Kier alpha value is -0.860. The van der Waals surface area contributed by atoms with Crippen LogP contribution >= 0.6 is 27.5 Å². The number of aromatic nitrogens is 1. The average molecular weight is 387 g/mol. The minimum atomic E-state index is -4.22. The van der Waals surface area contributed by atoms with E-state index in [2.05, 4.69) is 20.9 Å². The maximum Gasteiger partial charge on any atom is 0.401 e. The number of hydrogen-bond acceptors (Lipinski definition) is 3. The van der Waals surface area contributed by atoms with Gasteiger partial charge in [0, 0.05) is 36.8 Å². The fourth-order valence-corrected chi connectivity index (χ4v) is 2.62. The highest BCUT2D eigenvalue weighted by atomic mass is 79.9. The normalized spacial score (nSPS) is 17.1. The summed E-state index contributed by atoms with van der Waals surface area (Å²) in [4.78, 5) is 18.9. The Bertz CT molecular complexity index is 533. The van der Waals surface area contributed by atoms with E-state index in [1.807, 2.05) is 0 Å².